The molecule has 2 nitrogen and oxygen atoms in total. The average Bonchev–Trinajstić information content (AvgIpc) is 1.80. The van der Waals surface area contributed by atoms with E-state index in [-0.39, 0.29) is 13.0 Å². The number of hydrogen-bond donors (Lipinski definition) is 0. The van der Waals surface area contributed by atoms with E-state index in [9.17, 15) is 9.59 Å². The van der Waals surface area contributed by atoms with Crippen LogP contribution in [0.5, 0.6) is 0 Å². The number of rotatable bonds is 0. The zero-order valence-electron chi connectivity index (χ0n) is 6.05. The molecule has 9 heavy (non-hydrogen) atoms. The quantitative estimate of drug-likeness (QED) is 0.445. The van der Waals surface area contributed by atoms with Crippen LogP contribution in [0.25, 0.3) is 0 Å². The second-order valence-corrected chi connectivity index (χ2v) is 1.93. The summed E-state index contributed by atoms with van der Waals surface area (Å²) >= 11 is 0. The van der Waals surface area contributed by atoms with Crippen molar-refractivity contribution in [1.29, 1.82) is 0 Å². The van der Waals surface area contributed by atoms with Crippen LogP contribution in [0.15, 0.2) is 23.8 Å². The van der Waals surface area contributed by atoms with Crippen LogP contribution in [0.3, 0.4) is 0 Å². The molecule has 0 aromatic heterocycles. The second kappa shape index (κ2) is 1.97. The van der Waals surface area contributed by atoms with Crippen LogP contribution in [0.2, 0.25) is 0 Å². The summed E-state index contributed by atoms with van der Waals surface area (Å²) in [6, 6.07) is 0. The highest BCUT2D eigenvalue weighted by atomic mass is 16.1. The number of ketones is 2. The molecule has 1 aliphatic carbocycles. The van der Waals surface area contributed by atoms with E-state index in [2.05, 4.69) is 0 Å². The van der Waals surface area contributed by atoms with Crippen molar-refractivity contribution in [1.82, 2.24) is 0 Å². The first-order valence-corrected chi connectivity index (χ1v) is 2.65. The lowest BCUT2D eigenvalue weighted by Crippen LogP contribution is -2.03. The maximum Gasteiger partial charge on any atom is 1.00 e. The van der Waals surface area contributed by atoms with E-state index >= 15 is 0 Å². The summed E-state index contributed by atoms with van der Waals surface area (Å²) in [4.78, 5) is 21.1. The standard InChI is InChI=1S/C7H6O2/c1-5-4-6(8)2-3-7(5)9/h2-4H,1H3/p+1. The molecule has 0 amide bonds. The molecular formula is C7H7O2+. The monoisotopic (exact) mass is 123 g/mol. The minimum absolute atomic E-state index is 0. The smallest absolute Gasteiger partial charge is 0.290 e. The van der Waals surface area contributed by atoms with Crippen molar-refractivity contribution in [3.8, 4) is 0 Å². The topological polar surface area (TPSA) is 34.1 Å². The van der Waals surface area contributed by atoms with Gasteiger partial charge in [-0.15, -0.1) is 0 Å². The van der Waals surface area contributed by atoms with Crippen molar-refractivity contribution in [2.24, 2.45) is 0 Å². The van der Waals surface area contributed by atoms with Gasteiger partial charge in [-0.05, 0) is 25.2 Å². The van der Waals surface area contributed by atoms with Crippen LogP contribution in [0.4, 0.5) is 0 Å². The fourth-order valence-electron chi connectivity index (χ4n) is 0.622. The fraction of sp³-hybridized carbons (Fsp3) is 0.143. The normalized spacial score (nSPS) is 18.1. The van der Waals surface area contributed by atoms with Gasteiger partial charge in [0, 0.05) is 5.57 Å². The third kappa shape index (κ3) is 1.13. The lowest BCUT2D eigenvalue weighted by molar-refractivity contribution is -0.114. The molecule has 1 aliphatic rings. The second-order valence-electron chi connectivity index (χ2n) is 1.93. The molecule has 0 heterocycles. The van der Waals surface area contributed by atoms with Crippen LogP contribution < -0.4 is 0 Å². The van der Waals surface area contributed by atoms with Crippen molar-refractivity contribution in [2.45, 2.75) is 6.92 Å². The van der Waals surface area contributed by atoms with Crippen molar-refractivity contribution < 1.29 is 11.0 Å². The summed E-state index contributed by atoms with van der Waals surface area (Å²) in [5.74, 6) is -0.179. The Bertz CT molecular complexity index is 226. The summed E-state index contributed by atoms with van der Waals surface area (Å²) in [6.07, 6.45) is 3.90. The fourth-order valence-corrected chi connectivity index (χ4v) is 0.622. The third-order valence-electron chi connectivity index (χ3n) is 1.15. The van der Waals surface area contributed by atoms with Gasteiger partial charge in [0.1, 0.15) is 0 Å². The molecule has 0 aliphatic heterocycles. The number of carbonyl (C=O) groups is 2. The van der Waals surface area contributed by atoms with Crippen molar-refractivity contribution in [2.75, 3.05) is 0 Å². The van der Waals surface area contributed by atoms with Crippen LogP contribution >= 0.6 is 0 Å². The maximum atomic E-state index is 10.6. The van der Waals surface area contributed by atoms with Crippen molar-refractivity contribution >= 4 is 11.6 Å². The van der Waals surface area contributed by atoms with E-state index in [1.165, 1.54) is 18.2 Å². The van der Waals surface area contributed by atoms with E-state index in [4.69, 9.17) is 0 Å². The molecule has 0 N–H and O–H groups in total. The molecule has 0 saturated heterocycles. The van der Waals surface area contributed by atoms with Gasteiger partial charge in [-0.3, -0.25) is 9.59 Å². The molecular weight excluding hydrogens is 116 g/mol. The van der Waals surface area contributed by atoms with E-state index < -0.39 is 0 Å². The zero-order valence-corrected chi connectivity index (χ0v) is 5.05. The highest BCUT2D eigenvalue weighted by Gasteiger charge is 2.06. The molecule has 2 heteroatoms. The van der Waals surface area contributed by atoms with E-state index in [0.717, 1.165) is 0 Å². The number of allylic oxidation sites excluding steroid dienone is 4. The predicted molar refractivity (Wildman–Crippen MR) is 34.0 cm³/mol. The Kier molecular flexibility index (Phi) is 1.30. The molecule has 0 aromatic rings. The van der Waals surface area contributed by atoms with Crippen LogP contribution in [0.1, 0.15) is 8.35 Å². The Morgan fingerprint density at radius 1 is 1.33 bits per heavy atom. The van der Waals surface area contributed by atoms with Crippen LogP contribution in [-0.2, 0) is 9.59 Å². The third-order valence-corrected chi connectivity index (χ3v) is 1.15. The van der Waals surface area contributed by atoms with Crippen LogP contribution in [-0.4, -0.2) is 11.6 Å². The Hall–Kier alpha value is -1.18. The summed E-state index contributed by atoms with van der Waals surface area (Å²) < 4.78 is 0. The Morgan fingerprint density at radius 3 is 2.44 bits per heavy atom. The van der Waals surface area contributed by atoms with Crippen molar-refractivity contribution in [3.05, 3.63) is 23.8 Å². The summed E-state index contributed by atoms with van der Waals surface area (Å²) in [7, 11) is 0. The molecule has 0 fully saturated rings. The Balaban J connectivity index is 0.000000810. The van der Waals surface area contributed by atoms with Gasteiger partial charge in [0.05, 0.1) is 0 Å². The molecule has 0 unspecified atom stereocenters. The Labute approximate surface area is 54.4 Å². The molecule has 0 bridgehead atoms. The minimum Gasteiger partial charge on any atom is -0.290 e. The summed E-state index contributed by atoms with van der Waals surface area (Å²) in [5, 5.41) is 0. The lowest BCUT2D eigenvalue weighted by atomic mass is 10.1. The van der Waals surface area contributed by atoms with Gasteiger partial charge < -0.3 is 0 Å². The lowest BCUT2D eigenvalue weighted by Gasteiger charge is -1.96. The summed E-state index contributed by atoms with van der Waals surface area (Å²) in [6.45, 7) is 1.63. The predicted octanol–water partition coefficient (Wildman–Crippen LogP) is 0.753. The van der Waals surface area contributed by atoms with Gasteiger partial charge in [-0.25, -0.2) is 0 Å². The average molecular weight is 123 g/mol. The van der Waals surface area contributed by atoms with Gasteiger partial charge in [0.25, 0.3) is 0 Å². The first-order chi connectivity index (χ1) is 4.20. The highest BCUT2D eigenvalue weighted by Crippen LogP contribution is 2.02. The molecule has 0 spiro atoms. The maximum absolute atomic E-state index is 10.6. The molecule has 1 rings (SSSR count). The first-order valence-electron chi connectivity index (χ1n) is 2.65. The van der Waals surface area contributed by atoms with Crippen LogP contribution in [0, 0.1) is 0 Å². The minimum atomic E-state index is -0.105. The SMILES string of the molecule is CC1=CC(=O)C=CC1=O.[H+]. The van der Waals surface area contributed by atoms with Gasteiger partial charge in [0.2, 0.25) is 0 Å². The van der Waals surface area contributed by atoms with Crippen molar-refractivity contribution in [3.63, 3.8) is 0 Å². The van der Waals surface area contributed by atoms with Gasteiger partial charge in [0.15, 0.2) is 11.6 Å². The molecule has 46 valence electrons. The molecule has 0 saturated carbocycles. The van der Waals surface area contributed by atoms with Gasteiger partial charge >= 0.3 is 1.43 Å². The highest BCUT2D eigenvalue weighted by molar-refractivity contribution is 6.16. The van der Waals surface area contributed by atoms with E-state index in [1.807, 2.05) is 0 Å². The molecule has 0 aromatic carbocycles. The van der Waals surface area contributed by atoms with Gasteiger partial charge in [-0.1, -0.05) is 0 Å². The first kappa shape index (κ1) is 5.95. The Morgan fingerprint density at radius 2 is 2.00 bits per heavy atom. The van der Waals surface area contributed by atoms with E-state index in [0.29, 0.717) is 5.57 Å². The largest absolute Gasteiger partial charge is 1.00 e. The zero-order chi connectivity index (χ0) is 6.85. The van der Waals surface area contributed by atoms with E-state index in [1.54, 1.807) is 6.92 Å². The van der Waals surface area contributed by atoms with Gasteiger partial charge in [-0.2, -0.15) is 0 Å². The molecule has 0 radical (unpaired) electrons. The summed E-state index contributed by atoms with van der Waals surface area (Å²) in [5.41, 5.74) is 0.516. The number of carbonyl (C=O) groups excluding carboxylic acids is 2. The molecule has 0 atom stereocenters. The number of hydrogen-bond acceptors (Lipinski definition) is 2.